The van der Waals surface area contributed by atoms with Crippen LogP contribution in [-0.4, -0.2) is 46.3 Å². The zero-order chi connectivity index (χ0) is 19.8. The predicted octanol–water partition coefficient (Wildman–Crippen LogP) is 3.85. The Hall–Kier alpha value is -2.16. The summed E-state index contributed by atoms with van der Waals surface area (Å²) in [4.78, 5) is 6.46. The lowest BCUT2D eigenvalue weighted by Crippen LogP contribution is -2.38. The van der Waals surface area contributed by atoms with Gasteiger partial charge < -0.3 is 24.4 Å². The number of guanidine groups is 1. The molecule has 1 N–H and O–H groups in total. The average Bonchev–Trinajstić information content (AvgIpc) is 2.69. The van der Waals surface area contributed by atoms with Crippen LogP contribution in [-0.2, 0) is 13.1 Å². The lowest BCUT2D eigenvalue weighted by molar-refractivity contribution is 0.347. The molecule has 0 amide bonds. The number of aryl methyl sites for hydroxylation is 1. The summed E-state index contributed by atoms with van der Waals surface area (Å²) in [6.07, 6.45) is 0. The van der Waals surface area contributed by atoms with E-state index in [1.807, 2.05) is 19.2 Å². The Labute approximate surface area is 184 Å². The van der Waals surface area contributed by atoms with Crippen molar-refractivity contribution in [2.24, 2.45) is 4.99 Å². The van der Waals surface area contributed by atoms with Gasteiger partial charge in [-0.15, -0.1) is 24.0 Å². The van der Waals surface area contributed by atoms with Gasteiger partial charge in [-0.3, -0.25) is 4.99 Å². The lowest BCUT2D eigenvalue weighted by Gasteiger charge is -2.23. The molecular weight excluding hydrogens is 469 g/mol. The van der Waals surface area contributed by atoms with Gasteiger partial charge in [-0.05, 0) is 18.6 Å². The number of rotatable bonds is 7. The van der Waals surface area contributed by atoms with Crippen LogP contribution in [0.5, 0.6) is 17.2 Å². The molecule has 0 aromatic heterocycles. The molecule has 0 heterocycles. The number of ether oxygens (including phenoxy) is 3. The first-order valence-corrected chi connectivity index (χ1v) is 8.78. The number of hydrogen-bond acceptors (Lipinski definition) is 4. The summed E-state index contributed by atoms with van der Waals surface area (Å²) in [6, 6.07) is 12.3. The zero-order valence-electron chi connectivity index (χ0n) is 17.4. The molecule has 28 heavy (non-hydrogen) atoms. The third-order valence-corrected chi connectivity index (χ3v) is 4.34. The highest BCUT2D eigenvalue weighted by molar-refractivity contribution is 14.0. The molecule has 0 aliphatic heterocycles. The smallest absolute Gasteiger partial charge is 0.193 e. The van der Waals surface area contributed by atoms with E-state index in [4.69, 9.17) is 14.2 Å². The molecule has 0 atom stereocenters. The molecule has 0 aliphatic rings. The Morgan fingerprint density at radius 3 is 2.07 bits per heavy atom. The van der Waals surface area contributed by atoms with E-state index >= 15 is 0 Å². The SMILES string of the molecule is CN=C(NCc1cc(OC)c(OC)cc1OC)N(C)Cc1ccc(C)cc1.I. The van der Waals surface area contributed by atoms with Gasteiger partial charge in [0.25, 0.3) is 0 Å². The molecule has 6 nitrogen and oxygen atoms in total. The molecule has 2 aromatic carbocycles. The van der Waals surface area contributed by atoms with Crippen molar-refractivity contribution in [3.8, 4) is 17.2 Å². The van der Waals surface area contributed by atoms with Crippen LogP contribution in [0, 0.1) is 6.92 Å². The van der Waals surface area contributed by atoms with Gasteiger partial charge in [0.05, 0.1) is 21.3 Å². The number of aliphatic imine (C=N–C) groups is 1. The van der Waals surface area contributed by atoms with Gasteiger partial charge in [-0.1, -0.05) is 29.8 Å². The fourth-order valence-corrected chi connectivity index (χ4v) is 2.83. The van der Waals surface area contributed by atoms with Crippen LogP contribution in [0.25, 0.3) is 0 Å². The molecule has 2 rings (SSSR count). The fraction of sp³-hybridized carbons (Fsp3) is 0.381. The Balaban J connectivity index is 0.00000392. The minimum Gasteiger partial charge on any atom is -0.496 e. The standard InChI is InChI=1S/C21H29N3O3.HI/c1-15-7-9-16(10-8-15)14-24(3)21(22-2)23-13-17-11-19(26-5)20(27-6)12-18(17)25-4;/h7-12H,13-14H2,1-6H3,(H,22,23);1H. The third kappa shape index (κ3) is 6.19. The van der Waals surface area contributed by atoms with E-state index in [1.165, 1.54) is 11.1 Å². The monoisotopic (exact) mass is 499 g/mol. The Morgan fingerprint density at radius 1 is 0.964 bits per heavy atom. The summed E-state index contributed by atoms with van der Waals surface area (Å²) in [5.41, 5.74) is 3.44. The molecule has 0 unspecified atom stereocenters. The van der Waals surface area contributed by atoms with Crippen molar-refractivity contribution in [3.63, 3.8) is 0 Å². The van der Waals surface area contributed by atoms with Gasteiger partial charge in [0.2, 0.25) is 0 Å². The summed E-state index contributed by atoms with van der Waals surface area (Å²) in [7, 11) is 8.66. The molecule has 0 spiro atoms. The molecule has 2 aromatic rings. The Bertz CT molecular complexity index is 779. The van der Waals surface area contributed by atoms with Gasteiger partial charge in [-0.2, -0.15) is 0 Å². The zero-order valence-corrected chi connectivity index (χ0v) is 19.7. The first kappa shape index (κ1) is 23.9. The second-order valence-electron chi connectivity index (χ2n) is 6.26. The lowest BCUT2D eigenvalue weighted by atomic mass is 10.1. The van der Waals surface area contributed by atoms with E-state index in [9.17, 15) is 0 Å². The van der Waals surface area contributed by atoms with Crippen LogP contribution in [0.2, 0.25) is 0 Å². The average molecular weight is 499 g/mol. The quantitative estimate of drug-likeness (QED) is 0.357. The van der Waals surface area contributed by atoms with Crippen molar-refractivity contribution in [2.75, 3.05) is 35.4 Å². The number of methoxy groups -OCH3 is 3. The number of nitrogens with zero attached hydrogens (tertiary/aromatic N) is 2. The summed E-state index contributed by atoms with van der Waals surface area (Å²) in [6.45, 7) is 3.40. The first-order valence-electron chi connectivity index (χ1n) is 8.78. The summed E-state index contributed by atoms with van der Waals surface area (Å²) >= 11 is 0. The molecule has 0 saturated carbocycles. The van der Waals surface area contributed by atoms with Crippen molar-refractivity contribution >= 4 is 29.9 Å². The highest BCUT2D eigenvalue weighted by Gasteiger charge is 2.13. The number of benzene rings is 2. The van der Waals surface area contributed by atoms with E-state index in [0.717, 1.165) is 23.8 Å². The van der Waals surface area contributed by atoms with E-state index < -0.39 is 0 Å². The second-order valence-corrected chi connectivity index (χ2v) is 6.26. The van der Waals surface area contributed by atoms with E-state index in [0.29, 0.717) is 18.0 Å². The molecule has 0 fully saturated rings. The van der Waals surface area contributed by atoms with Gasteiger partial charge in [0.15, 0.2) is 17.5 Å². The van der Waals surface area contributed by atoms with Crippen molar-refractivity contribution in [2.45, 2.75) is 20.0 Å². The van der Waals surface area contributed by atoms with Crippen LogP contribution in [0.1, 0.15) is 16.7 Å². The van der Waals surface area contributed by atoms with Crippen molar-refractivity contribution in [1.29, 1.82) is 0 Å². The van der Waals surface area contributed by atoms with Gasteiger partial charge in [0, 0.05) is 38.8 Å². The van der Waals surface area contributed by atoms with Crippen LogP contribution in [0.3, 0.4) is 0 Å². The first-order chi connectivity index (χ1) is 13.0. The molecule has 0 bridgehead atoms. The van der Waals surface area contributed by atoms with Crippen LogP contribution < -0.4 is 19.5 Å². The molecule has 0 saturated heterocycles. The number of nitrogens with one attached hydrogen (secondary N) is 1. The highest BCUT2D eigenvalue weighted by atomic mass is 127. The maximum absolute atomic E-state index is 5.49. The molecule has 0 radical (unpaired) electrons. The number of hydrogen-bond donors (Lipinski definition) is 1. The van der Waals surface area contributed by atoms with E-state index in [-0.39, 0.29) is 24.0 Å². The van der Waals surface area contributed by atoms with Gasteiger partial charge in [0.1, 0.15) is 5.75 Å². The summed E-state index contributed by atoms with van der Waals surface area (Å²) in [5, 5.41) is 3.38. The largest absolute Gasteiger partial charge is 0.496 e. The third-order valence-electron chi connectivity index (χ3n) is 4.34. The number of halogens is 1. The fourth-order valence-electron chi connectivity index (χ4n) is 2.83. The normalized spacial score (nSPS) is 10.7. The minimum atomic E-state index is 0. The van der Waals surface area contributed by atoms with Crippen LogP contribution in [0.15, 0.2) is 41.4 Å². The van der Waals surface area contributed by atoms with Gasteiger partial charge in [-0.25, -0.2) is 0 Å². The summed E-state index contributed by atoms with van der Waals surface area (Å²) < 4.78 is 16.2. The van der Waals surface area contributed by atoms with Crippen molar-refractivity contribution < 1.29 is 14.2 Å². The van der Waals surface area contributed by atoms with E-state index in [1.54, 1.807) is 28.4 Å². The van der Waals surface area contributed by atoms with Crippen molar-refractivity contribution in [3.05, 3.63) is 53.1 Å². The van der Waals surface area contributed by atoms with Gasteiger partial charge >= 0.3 is 0 Å². The topological polar surface area (TPSA) is 55.3 Å². The van der Waals surface area contributed by atoms with Crippen LogP contribution in [0.4, 0.5) is 0 Å². The van der Waals surface area contributed by atoms with Crippen molar-refractivity contribution in [1.82, 2.24) is 10.2 Å². The minimum absolute atomic E-state index is 0. The maximum Gasteiger partial charge on any atom is 0.193 e. The summed E-state index contributed by atoms with van der Waals surface area (Å²) in [5.74, 6) is 2.83. The Morgan fingerprint density at radius 2 is 1.54 bits per heavy atom. The molecule has 7 heteroatoms. The Kier molecular flexibility index (Phi) is 9.92. The predicted molar refractivity (Wildman–Crippen MR) is 124 cm³/mol. The second kappa shape index (κ2) is 11.6. The highest BCUT2D eigenvalue weighted by Crippen LogP contribution is 2.34. The molecule has 154 valence electrons. The van der Waals surface area contributed by atoms with Crippen LogP contribution >= 0.6 is 24.0 Å². The molecular formula is C21H30IN3O3. The maximum atomic E-state index is 5.49. The molecule has 0 aliphatic carbocycles. The van der Waals surface area contributed by atoms with E-state index in [2.05, 4.69) is 46.4 Å².